The van der Waals surface area contributed by atoms with Crippen molar-refractivity contribution >= 4 is 57.1 Å². The number of amides is 1. The summed E-state index contributed by atoms with van der Waals surface area (Å²) in [6.07, 6.45) is 0. The van der Waals surface area contributed by atoms with Crippen molar-refractivity contribution in [2.24, 2.45) is 0 Å². The molecule has 3 nitrogen and oxygen atoms in total. The Hall–Kier alpha value is -0.790. The molecule has 2 aromatic rings. The molecule has 0 radical (unpaired) electrons. The molecule has 1 amide bonds. The van der Waals surface area contributed by atoms with Crippen LogP contribution >= 0.6 is 45.5 Å². The molecule has 0 aliphatic rings. The maximum absolute atomic E-state index is 11.8. The number of benzene rings is 1. The zero-order valence-electron chi connectivity index (χ0n) is 8.41. The van der Waals surface area contributed by atoms with Gasteiger partial charge in [0.25, 0.3) is 5.91 Å². The van der Waals surface area contributed by atoms with Gasteiger partial charge in [0.15, 0.2) is 0 Å². The third kappa shape index (κ3) is 3.11. The van der Waals surface area contributed by atoms with Crippen molar-refractivity contribution in [1.82, 2.24) is 0 Å². The fourth-order valence-corrected chi connectivity index (χ4v) is 2.67. The lowest BCUT2D eigenvalue weighted by Crippen LogP contribution is -2.10. The van der Waals surface area contributed by atoms with Crippen LogP contribution in [0.3, 0.4) is 0 Å². The Balaban J connectivity index is 2.15. The monoisotopic (exact) mass is 379 g/mol. The molecule has 0 atom stereocenters. The van der Waals surface area contributed by atoms with Crippen molar-refractivity contribution in [3.63, 3.8) is 0 Å². The second kappa shape index (κ2) is 5.24. The molecule has 2 N–H and O–H groups in total. The predicted molar refractivity (Wildman–Crippen MR) is 78.1 cm³/mol. The molecule has 0 aliphatic heterocycles. The fraction of sp³-hybridized carbons (Fsp3) is 0. The van der Waals surface area contributed by atoms with E-state index in [2.05, 4.69) is 27.9 Å². The summed E-state index contributed by atoms with van der Waals surface area (Å²) in [7, 11) is 0. The molecule has 0 aliphatic carbocycles. The predicted octanol–water partition coefficient (Wildman–Crippen LogP) is 3.96. The lowest BCUT2D eigenvalue weighted by molar-refractivity contribution is 0.102. The number of phenolic OH excluding ortho intramolecular Hbond substituents is 1. The van der Waals surface area contributed by atoms with Gasteiger partial charge >= 0.3 is 0 Å². The molecule has 0 fully saturated rings. The van der Waals surface area contributed by atoms with Crippen molar-refractivity contribution in [3.8, 4) is 5.75 Å². The van der Waals surface area contributed by atoms with E-state index in [1.807, 2.05) is 0 Å². The first-order chi connectivity index (χ1) is 8.06. The Bertz CT molecular complexity index is 570. The topological polar surface area (TPSA) is 49.3 Å². The standard InChI is InChI=1S/C11H7ClINO2S/c12-8-2-1-7(4-9(8)15)14-11(16)6-3-10(13)17-5-6/h1-5,15H,(H,14,16). The Morgan fingerprint density at radius 3 is 2.76 bits per heavy atom. The van der Waals surface area contributed by atoms with Gasteiger partial charge in [-0.3, -0.25) is 4.79 Å². The summed E-state index contributed by atoms with van der Waals surface area (Å²) in [5.41, 5.74) is 1.12. The molecular weight excluding hydrogens is 373 g/mol. The van der Waals surface area contributed by atoms with Crippen molar-refractivity contribution in [2.45, 2.75) is 0 Å². The summed E-state index contributed by atoms with van der Waals surface area (Å²) in [5.74, 6) is -0.254. The summed E-state index contributed by atoms with van der Waals surface area (Å²) < 4.78 is 1.05. The number of anilines is 1. The zero-order chi connectivity index (χ0) is 12.4. The van der Waals surface area contributed by atoms with Crippen LogP contribution in [0.2, 0.25) is 5.02 Å². The van der Waals surface area contributed by atoms with Crippen LogP contribution in [0.5, 0.6) is 5.75 Å². The minimum atomic E-state index is -0.203. The molecule has 0 unspecified atom stereocenters. The van der Waals surface area contributed by atoms with Gasteiger partial charge in [0.1, 0.15) is 5.75 Å². The number of aromatic hydroxyl groups is 1. The molecule has 1 heterocycles. The quantitative estimate of drug-likeness (QED) is 0.776. The van der Waals surface area contributed by atoms with Gasteiger partial charge in [-0.05, 0) is 40.8 Å². The minimum absolute atomic E-state index is 0.0515. The van der Waals surface area contributed by atoms with E-state index in [1.165, 1.54) is 23.5 Å². The highest BCUT2D eigenvalue weighted by Crippen LogP contribution is 2.26. The van der Waals surface area contributed by atoms with Crippen LogP contribution in [-0.4, -0.2) is 11.0 Å². The Labute approximate surface area is 121 Å². The smallest absolute Gasteiger partial charge is 0.256 e. The van der Waals surface area contributed by atoms with E-state index < -0.39 is 0 Å². The Morgan fingerprint density at radius 1 is 1.41 bits per heavy atom. The van der Waals surface area contributed by atoms with Crippen LogP contribution in [-0.2, 0) is 0 Å². The van der Waals surface area contributed by atoms with Crippen LogP contribution < -0.4 is 5.32 Å². The van der Waals surface area contributed by atoms with Crippen molar-refractivity contribution in [3.05, 3.63) is 43.1 Å². The highest BCUT2D eigenvalue weighted by atomic mass is 127. The molecule has 1 aromatic heterocycles. The first-order valence-corrected chi connectivity index (χ1v) is 6.94. The van der Waals surface area contributed by atoms with Crippen molar-refractivity contribution in [1.29, 1.82) is 0 Å². The van der Waals surface area contributed by atoms with Gasteiger partial charge in [0.2, 0.25) is 0 Å². The van der Waals surface area contributed by atoms with E-state index in [4.69, 9.17) is 11.6 Å². The van der Waals surface area contributed by atoms with E-state index in [0.717, 1.165) is 2.88 Å². The third-order valence-corrected chi connectivity index (χ3v) is 4.14. The molecule has 88 valence electrons. The van der Waals surface area contributed by atoms with Gasteiger partial charge in [-0.15, -0.1) is 11.3 Å². The number of nitrogens with one attached hydrogen (secondary N) is 1. The summed E-state index contributed by atoms with van der Waals surface area (Å²) in [6, 6.07) is 6.38. The molecule has 0 spiro atoms. The molecule has 2 rings (SSSR count). The second-order valence-electron chi connectivity index (χ2n) is 3.26. The normalized spacial score (nSPS) is 10.2. The largest absolute Gasteiger partial charge is 0.506 e. The van der Waals surface area contributed by atoms with Crippen molar-refractivity contribution < 1.29 is 9.90 Å². The zero-order valence-corrected chi connectivity index (χ0v) is 12.1. The highest BCUT2D eigenvalue weighted by Gasteiger charge is 2.09. The first kappa shape index (κ1) is 12.7. The van der Waals surface area contributed by atoms with E-state index in [1.54, 1.807) is 17.5 Å². The van der Waals surface area contributed by atoms with E-state index in [-0.39, 0.29) is 16.7 Å². The number of hydrogen-bond acceptors (Lipinski definition) is 3. The molecule has 6 heteroatoms. The van der Waals surface area contributed by atoms with Crippen LogP contribution in [0, 0.1) is 2.88 Å². The molecular formula is C11H7ClINO2S. The number of thiophene rings is 1. The molecule has 0 bridgehead atoms. The summed E-state index contributed by atoms with van der Waals surface area (Å²) in [4.78, 5) is 11.8. The number of carbonyl (C=O) groups is 1. The summed E-state index contributed by atoms with van der Waals surface area (Å²) in [6.45, 7) is 0. The lowest BCUT2D eigenvalue weighted by Gasteiger charge is -2.04. The average molecular weight is 380 g/mol. The maximum Gasteiger partial charge on any atom is 0.256 e. The SMILES string of the molecule is O=C(Nc1ccc(Cl)c(O)c1)c1csc(I)c1. The van der Waals surface area contributed by atoms with Crippen LogP contribution in [0.1, 0.15) is 10.4 Å². The van der Waals surface area contributed by atoms with Crippen LogP contribution in [0.25, 0.3) is 0 Å². The van der Waals surface area contributed by atoms with Crippen LogP contribution in [0.4, 0.5) is 5.69 Å². The number of rotatable bonds is 2. The van der Waals surface area contributed by atoms with Crippen molar-refractivity contribution in [2.75, 3.05) is 5.32 Å². The molecule has 1 aromatic carbocycles. The number of carbonyl (C=O) groups excluding carboxylic acids is 1. The molecule has 0 saturated heterocycles. The van der Waals surface area contributed by atoms with Gasteiger partial charge in [0, 0.05) is 17.1 Å². The summed E-state index contributed by atoms with van der Waals surface area (Å²) >= 11 is 9.34. The van der Waals surface area contributed by atoms with Crippen LogP contribution in [0.15, 0.2) is 29.6 Å². The minimum Gasteiger partial charge on any atom is -0.506 e. The van der Waals surface area contributed by atoms with Gasteiger partial charge in [0.05, 0.1) is 13.5 Å². The van der Waals surface area contributed by atoms with E-state index in [9.17, 15) is 9.90 Å². The average Bonchev–Trinajstić information content (AvgIpc) is 2.70. The van der Waals surface area contributed by atoms with Gasteiger partial charge in [-0.2, -0.15) is 0 Å². The highest BCUT2D eigenvalue weighted by molar-refractivity contribution is 14.1. The first-order valence-electron chi connectivity index (χ1n) is 4.60. The fourth-order valence-electron chi connectivity index (χ4n) is 1.22. The van der Waals surface area contributed by atoms with E-state index in [0.29, 0.717) is 11.3 Å². The van der Waals surface area contributed by atoms with E-state index >= 15 is 0 Å². The number of hydrogen-bond donors (Lipinski definition) is 2. The third-order valence-electron chi connectivity index (χ3n) is 2.03. The summed E-state index contributed by atoms with van der Waals surface area (Å²) in [5, 5.41) is 14.1. The van der Waals surface area contributed by atoms with Gasteiger partial charge in [-0.1, -0.05) is 11.6 Å². The maximum atomic E-state index is 11.8. The molecule has 17 heavy (non-hydrogen) atoms. The number of phenols is 1. The second-order valence-corrected chi connectivity index (χ2v) is 6.47. The lowest BCUT2D eigenvalue weighted by atomic mass is 10.2. The molecule has 0 saturated carbocycles. The Kier molecular flexibility index (Phi) is 3.90. The Morgan fingerprint density at radius 2 is 2.18 bits per heavy atom. The van der Waals surface area contributed by atoms with Gasteiger partial charge in [-0.25, -0.2) is 0 Å². The van der Waals surface area contributed by atoms with Gasteiger partial charge < -0.3 is 10.4 Å². The number of halogens is 2.